The van der Waals surface area contributed by atoms with Crippen molar-refractivity contribution in [1.82, 2.24) is 0 Å². The van der Waals surface area contributed by atoms with Crippen molar-refractivity contribution in [1.29, 1.82) is 5.26 Å². The minimum Gasteiger partial charge on any atom is -0.495 e. The van der Waals surface area contributed by atoms with E-state index in [1.54, 1.807) is 36.4 Å². The van der Waals surface area contributed by atoms with Crippen LogP contribution in [-0.2, 0) is 4.79 Å². The molecule has 0 heterocycles. The number of anilines is 2. The van der Waals surface area contributed by atoms with Crippen LogP contribution in [0, 0.1) is 11.3 Å². The molecule has 0 atom stereocenters. The van der Waals surface area contributed by atoms with Crippen molar-refractivity contribution in [2.75, 3.05) is 17.7 Å². The lowest BCUT2D eigenvalue weighted by atomic mass is 10.1. The molecular formula is C18H15ClN4O3. The summed E-state index contributed by atoms with van der Waals surface area (Å²) in [7, 11) is 1.48. The van der Waals surface area contributed by atoms with Crippen LogP contribution in [0.1, 0.15) is 10.4 Å². The zero-order valence-corrected chi connectivity index (χ0v) is 14.5. The van der Waals surface area contributed by atoms with E-state index < -0.39 is 11.8 Å². The Balaban J connectivity index is 2.16. The standard InChI is InChI=1S/C18H15ClN4O3/c1-26-16-7-6-12(8-14(16)19)23-18(25)11(9-20)10-22-15-5-3-2-4-13(15)17(21)24/h2-8,10,22H,1H3,(H2,21,24)(H,23,25)/b11-10-. The Labute approximate surface area is 155 Å². The summed E-state index contributed by atoms with van der Waals surface area (Å²) < 4.78 is 5.04. The van der Waals surface area contributed by atoms with Gasteiger partial charge in [-0.05, 0) is 30.3 Å². The van der Waals surface area contributed by atoms with Crippen molar-refractivity contribution < 1.29 is 14.3 Å². The molecule has 2 aromatic rings. The van der Waals surface area contributed by atoms with Crippen molar-refractivity contribution in [3.8, 4) is 11.8 Å². The Morgan fingerprint density at radius 2 is 2.00 bits per heavy atom. The fourth-order valence-electron chi connectivity index (χ4n) is 2.06. The van der Waals surface area contributed by atoms with Gasteiger partial charge >= 0.3 is 0 Å². The molecule has 0 aliphatic carbocycles. The van der Waals surface area contributed by atoms with E-state index in [0.29, 0.717) is 22.1 Å². The summed E-state index contributed by atoms with van der Waals surface area (Å²) in [6.07, 6.45) is 1.20. The highest BCUT2D eigenvalue weighted by atomic mass is 35.5. The van der Waals surface area contributed by atoms with E-state index in [1.165, 1.54) is 25.4 Å². The maximum absolute atomic E-state index is 12.2. The minimum absolute atomic E-state index is 0.198. The number of carbonyl (C=O) groups is 2. The molecule has 0 aliphatic rings. The highest BCUT2D eigenvalue weighted by molar-refractivity contribution is 6.32. The molecule has 0 aliphatic heterocycles. The Morgan fingerprint density at radius 1 is 1.27 bits per heavy atom. The second-order valence-corrected chi connectivity index (χ2v) is 5.43. The lowest BCUT2D eigenvalue weighted by molar-refractivity contribution is -0.112. The molecule has 0 bridgehead atoms. The third-order valence-electron chi connectivity index (χ3n) is 3.34. The Kier molecular flexibility index (Phi) is 6.20. The number of nitriles is 1. The topological polar surface area (TPSA) is 117 Å². The molecule has 26 heavy (non-hydrogen) atoms. The second-order valence-electron chi connectivity index (χ2n) is 5.03. The number of methoxy groups -OCH3 is 1. The molecule has 132 valence electrons. The van der Waals surface area contributed by atoms with Crippen molar-refractivity contribution in [3.05, 3.63) is 64.8 Å². The largest absolute Gasteiger partial charge is 0.495 e. The van der Waals surface area contributed by atoms with Crippen LogP contribution in [0.25, 0.3) is 0 Å². The first-order valence-corrected chi connectivity index (χ1v) is 7.74. The number of para-hydroxylation sites is 1. The van der Waals surface area contributed by atoms with E-state index in [-0.39, 0.29) is 11.1 Å². The summed E-state index contributed by atoms with van der Waals surface area (Å²) in [5.74, 6) is -0.805. The van der Waals surface area contributed by atoms with Crippen LogP contribution in [0.4, 0.5) is 11.4 Å². The van der Waals surface area contributed by atoms with Gasteiger partial charge in [-0.2, -0.15) is 5.26 Å². The number of rotatable bonds is 6. The normalized spacial score (nSPS) is 10.6. The van der Waals surface area contributed by atoms with Crippen molar-refractivity contribution in [2.45, 2.75) is 0 Å². The van der Waals surface area contributed by atoms with Crippen molar-refractivity contribution >= 4 is 34.8 Å². The number of hydrogen-bond donors (Lipinski definition) is 3. The highest BCUT2D eigenvalue weighted by Crippen LogP contribution is 2.27. The van der Waals surface area contributed by atoms with Crippen LogP contribution in [-0.4, -0.2) is 18.9 Å². The molecule has 8 heteroatoms. The molecule has 0 unspecified atom stereocenters. The van der Waals surface area contributed by atoms with Crippen molar-refractivity contribution in [2.24, 2.45) is 5.73 Å². The number of nitrogens with two attached hydrogens (primary N) is 1. The molecule has 0 saturated carbocycles. The average Bonchev–Trinajstić information content (AvgIpc) is 2.62. The SMILES string of the molecule is COc1ccc(NC(=O)/C(C#N)=C\Nc2ccccc2C(N)=O)cc1Cl. The van der Waals surface area contributed by atoms with Crippen LogP contribution in [0.2, 0.25) is 5.02 Å². The van der Waals surface area contributed by atoms with E-state index in [2.05, 4.69) is 10.6 Å². The Hall–Kier alpha value is -3.50. The molecule has 0 aromatic heterocycles. The number of nitrogens with zero attached hydrogens (tertiary/aromatic N) is 1. The van der Waals surface area contributed by atoms with E-state index in [9.17, 15) is 14.9 Å². The fraction of sp³-hybridized carbons (Fsp3) is 0.0556. The van der Waals surface area contributed by atoms with Gasteiger partial charge in [0.15, 0.2) is 0 Å². The smallest absolute Gasteiger partial charge is 0.267 e. The molecule has 0 spiro atoms. The maximum atomic E-state index is 12.2. The Morgan fingerprint density at radius 3 is 2.62 bits per heavy atom. The maximum Gasteiger partial charge on any atom is 0.267 e. The van der Waals surface area contributed by atoms with Gasteiger partial charge < -0.3 is 21.1 Å². The lowest BCUT2D eigenvalue weighted by Gasteiger charge is -2.09. The molecule has 0 fully saturated rings. The lowest BCUT2D eigenvalue weighted by Crippen LogP contribution is -2.16. The van der Waals surface area contributed by atoms with Gasteiger partial charge in [-0.25, -0.2) is 0 Å². The molecule has 4 N–H and O–H groups in total. The predicted octanol–water partition coefficient (Wildman–Crippen LogP) is 2.91. The predicted molar refractivity (Wildman–Crippen MR) is 98.9 cm³/mol. The Bertz CT molecular complexity index is 919. The average molecular weight is 371 g/mol. The van der Waals surface area contributed by atoms with E-state index >= 15 is 0 Å². The first-order valence-electron chi connectivity index (χ1n) is 7.36. The zero-order chi connectivity index (χ0) is 19.1. The molecule has 0 saturated heterocycles. The van der Waals surface area contributed by atoms with Gasteiger partial charge in [0.2, 0.25) is 0 Å². The second kappa shape index (κ2) is 8.55. The molecule has 2 amide bonds. The third-order valence-corrected chi connectivity index (χ3v) is 3.63. The molecule has 2 rings (SSSR count). The summed E-state index contributed by atoms with van der Waals surface area (Å²) in [6, 6.07) is 13.0. The van der Waals surface area contributed by atoms with Gasteiger partial charge in [-0.15, -0.1) is 0 Å². The van der Waals surface area contributed by atoms with Gasteiger partial charge in [-0.1, -0.05) is 23.7 Å². The third kappa shape index (κ3) is 4.53. The summed E-state index contributed by atoms with van der Waals surface area (Å²) >= 11 is 6.00. The van der Waals surface area contributed by atoms with Gasteiger partial charge in [0, 0.05) is 11.9 Å². The first-order chi connectivity index (χ1) is 12.5. The molecule has 2 aromatic carbocycles. The van der Waals surface area contributed by atoms with Crippen LogP contribution in [0.5, 0.6) is 5.75 Å². The van der Waals surface area contributed by atoms with Crippen LogP contribution >= 0.6 is 11.6 Å². The van der Waals surface area contributed by atoms with Crippen molar-refractivity contribution in [3.63, 3.8) is 0 Å². The summed E-state index contributed by atoms with van der Waals surface area (Å²) in [6.45, 7) is 0. The monoisotopic (exact) mass is 370 g/mol. The highest BCUT2D eigenvalue weighted by Gasteiger charge is 2.12. The molecule has 7 nitrogen and oxygen atoms in total. The number of amides is 2. The number of ether oxygens (including phenoxy) is 1. The van der Waals surface area contributed by atoms with E-state index in [4.69, 9.17) is 22.1 Å². The number of halogens is 1. The number of primary amides is 1. The number of carbonyl (C=O) groups excluding carboxylic acids is 2. The minimum atomic E-state index is -0.641. The quantitative estimate of drug-likeness (QED) is 0.533. The summed E-state index contributed by atoms with van der Waals surface area (Å²) in [5, 5.41) is 14.8. The number of hydrogen-bond acceptors (Lipinski definition) is 5. The van der Waals surface area contributed by atoms with Gasteiger partial charge in [0.05, 0.1) is 23.4 Å². The fourth-order valence-corrected chi connectivity index (χ4v) is 2.32. The van der Waals surface area contributed by atoms with Gasteiger partial charge in [0.1, 0.15) is 17.4 Å². The molecule has 0 radical (unpaired) electrons. The summed E-state index contributed by atoms with van der Waals surface area (Å²) in [4.78, 5) is 23.6. The van der Waals surface area contributed by atoms with E-state index in [0.717, 1.165) is 0 Å². The zero-order valence-electron chi connectivity index (χ0n) is 13.7. The van der Waals surface area contributed by atoms with Gasteiger partial charge in [-0.3, -0.25) is 9.59 Å². The van der Waals surface area contributed by atoms with Gasteiger partial charge in [0.25, 0.3) is 11.8 Å². The van der Waals surface area contributed by atoms with Crippen LogP contribution < -0.4 is 21.1 Å². The number of benzene rings is 2. The van der Waals surface area contributed by atoms with E-state index in [1.807, 2.05) is 0 Å². The van der Waals surface area contributed by atoms with Crippen LogP contribution in [0.15, 0.2) is 54.2 Å². The van der Waals surface area contributed by atoms with Crippen LogP contribution in [0.3, 0.4) is 0 Å². The number of nitrogens with one attached hydrogen (secondary N) is 2. The summed E-state index contributed by atoms with van der Waals surface area (Å²) in [5.41, 5.74) is 6.11. The first kappa shape index (κ1) is 18.8. The molecular weight excluding hydrogens is 356 g/mol.